The van der Waals surface area contributed by atoms with Crippen molar-refractivity contribution in [3.05, 3.63) is 253 Å². The van der Waals surface area contributed by atoms with Crippen LogP contribution in [0.5, 0.6) is 0 Å². The molecule has 4 saturated carbocycles. The smallest absolute Gasteiger partial charge is 0.264 e. The summed E-state index contributed by atoms with van der Waals surface area (Å²) in [5.74, 6) is 2.64. The summed E-state index contributed by atoms with van der Waals surface area (Å²) in [6.07, 6.45) is 8.38. The number of benzene rings is 11. The molecule has 4 aliphatic carbocycles. The van der Waals surface area contributed by atoms with Gasteiger partial charge in [0.15, 0.2) is 0 Å². The first-order valence-corrected chi connectivity index (χ1v) is 32.7. The normalized spacial score (nSPS) is 19.2. The molecule has 4 fully saturated rings. The maximum atomic E-state index is 2.72. The molecule has 5 heteroatoms. The Morgan fingerprint density at radius 1 is 0.425 bits per heavy atom. The summed E-state index contributed by atoms with van der Waals surface area (Å²) < 4.78 is 2.70. The lowest BCUT2D eigenvalue weighted by Crippen LogP contribution is -2.60. The first-order chi connectivity index (χ1) is 42.3. The first-order valence-electron chi connectivity index (χ1n) is 31.9. The number of para-hydroxylation sites is 2. The third-order valence-corrected chi connectivity index (χ3v) is 22.1. The van der Waals surface area contributed by atoms with E-state index >= 15 is 0 Å². The average Bonchev–Trinajstić information content (AvgIpc) is 1.70. The SMILES string of the molecule is CC(C)(C)c1cc2c3c(c1)N(c1ccc4c(-c5ccccc5)c5ccccc5c(-c5ccccc5)c4c1)c1c(sc4ccc(C(C)(C)C)cc14)B3c1ccc(N(c3ccccc3)c3ccccc3)cc1N2c1ccc(C23CC4CC(CC(C4)C2)C3)cc1. The molecule has 6 aliphatic rings. The van der Waals surface area contributed by atoms with E-state index in [-0.39, 0.29) is 17.5 Å². The lowest BCUT2D eigenvalue weighted by atomic mass is 9.36. The largest absolute Gasteiger partial charge is 0.311 e. The fourth-order valence-corrected chi connectivity index (χ4v) is 18.5. The minimum absolute atomic E-state index is 0.0479. The molecule has 12 aromatic rings. The van der Waals surface area contributed by atoms with E-state index in [2.05, 4.69) is 293 Å². The van der Waals surface area contributed by atoms with E-state index in [4.69, 9.17) is 0 Å². The Labute approximate surface area is 517 Å². The molecule has 0 saturated heterocycles. The lowest BCUT2D eigenvalue weighted by Gasteiger charge is -2.57. The minimum atomic E-state index is -0.190. The van der Waals surface area contributed by atoms with E-state index in [9.17, 15) is 0 Å². The molecule has 3 nitrogen and oxygen atoms in total. The number of fused-ring (bicyclic) bond motifs is 8. The molecule has 0 spiro atoms. The molecule has 87 heavy (non-hydrogen) atoms. The van der Waals surface area contributed by atoms with Gasteiger partial charge in [-0.2, -0.15) is 0 Å². The molecule has 3 heterocycles. The van der Waals surface area contributed by atoms with Crippen molar-refractivity contribution in [2.24, 2.45) is 17.8 Å². The van der Waals surface area contributed by atoms with Gasteiger partial charge in [-0.1, -0.05) is 193 Å². The first kappa shape index (κ1) is 52.7. The second-order valence-electron chi connectivity index (χ2n) is 28.3. The Hall–Kier alpha value is -8.64. The molecular weight excluding hydrogens is 1070 g/mol. The zero-order valence-corrected chi connectivity index (χ0v) is 51.6. The summed E-state index contributed by atoms with van der Waals surface area (Å²) >= 11 is 1.99. The summed E-state index contributed by atoms with van der Waals surface area (Å²) in [6, 6.07) is 90.7. The van der Waals surface area contributed by atoms with E-state index < -0.39 is 0 Å². The monoisotopic (exact) mass is 1140 g/mol. The molecule has 0 amide bonds. The Morgan fingerprint density at radius 3 is 1.52 bits per heavy atom. The highest BCUT2D eigenvalue weighted by molar-refractivity contribution is 7.33. The van der Waals surface area contributed by atoms with Crippen LogP contribution in [0.15, 0.2) is 237 Å². The maximum absolute atomic E-state index is 2.72. The predicted octanol–water partition coefficient (Wildman–Crippen LogP) is 21.2. The topological polar surface area (TPSA) is 9.72 Å². The van der Waals surface area contributed by atoms with Gasteiger partial charge in [0.1, 0.15) is 0 Å². The Kier molecular flexibility index (Phi) is 11.9. The molecule has 2 aliphatic heterocycles. The standard InChI is InChI=1S/C82H72BN3S/c1-80(2,3)58-33-40-74-69(44-58)78-79(87-74)83-70-39-37-64(84(60-25-15-9-16-26-60)61-27-17-10-18-28-61)48-71(70)85(62-34-31-57(32-35-62)82-49-52-41-53(50-82)43-54(42-52)51-82)72-45-59(81(4,5)6)46-73(77(72)83)86(78)63-36-38-67-68(47-63)76(56-23-13-8-14-24-56)66-30-20-19-29-65(66)75(67)55-21-11-7-12-22-55/h7-40,44-48,52-54H,41-43,49-51H2,1-6H3. The van der Waals surface area contributed by atoms with Crippen molar-refractivity contribution in [2.75, 3.05) is 14.7 Å². The Morgan fingerprint density at radius 2 is 0.943 bits per heavy atom. The van der Waals surface area contributed by atoms with Crippen LogP contribution < -0.4 is 30.4 Å². The number of nitrogens with zero attached hydrogens (tertiary/aromatic N) is 3. The second-order valence-corrected chi connectivity index (χ2v) is 29.4. The fourth-order valence-electron chi connectivity index (χ4n) is 17.2. The van der Waals surface area contributed by atoms with Crippen LogP contribution in [-0.4, -0.2) is 6.71 Å². The number of rotatable bonds is 8. The Bertz CT molecular complexity index is 4610. The van der Waals surface area contributed by atoms with Gasteiger partial charge in [0.2, 0.25) is 0 Å². The van der Waals surface area contributed by atoms with Gasteiger partial charge in [0.05, 0.1) is 5.69 Å². The second kappa shape index (κ2) is 19.7. The average molecular weight is 1140 g/mol. The van der Waals surface area contributed by atoms with Crippen molar-refractivity contribution >= 4 is 117 Å². The van der Waals surface area contributed by atoms with Gasteiger partial charge in [-0.05, 0) is 229 Å². The van der Waals surface area contributed by atoms with E-state index in [0.717, 1.165) is 40.5 Å². The van der Waals surface area contributed by atoms with Crippen LogP contribution >= 0.6 is 11.3 Å². The van der Waals surface area contributed by atoms with Gasteiger partial charge < -0.3 is 14.7 Å². The van der Waals surface area contributed by atoms with Crippen LogP contribution in [0.1, 0.15) is 96.8 Å². The third-order valence-electron chi connectivity index (χ3n) is 20.8. The van der Waals surface area contributed by atoms with E-state index in [0.29, 0.717) is 5.41 Å². The summed E-state index contributed by atoms with van der Waals surface area (Å²) in [4.78, 5) is 7.84. The van der Waals surface area contributed by atoms with Gasteiger partial charge in [0.25, 0.3) is 6.71 Å². The molecule has 0 unspecified atom stereocenters. The summed E-state index contributed by atoms with van der Waals surface area (Å²) in [7, 11) is 0. The van der Waals surface area contributed by atoms with Crippen molar-refractivity contribution in [2.45, 2.75) is 96.3 Å². The van der Waals surface area contributed by atoms with Gasteiger partial charge in [0, 0.05) is 60.4 Å². The van der Waals surface area contributed by atoms with Crippen LogP contribution in [0, 0.1) is 17.8 Å². The van der Waals surface area contributed by atoms with Gasteiger partial charge in [-0.25, -0.2) is 0 Å². The van der Waals surface area contributed by atoms with Crippen LogP contribution in [0.25, 0.3) is 53.9 Å². The zero-order chi connectivity index (χ0) is 58.5. The van der Waals surface area contributed by atoms with Crippen molar-refractivity contribution < 1.29 is 0 Å². The van der Waals surface area contributed by atoms with Crippen molar-refractivity contribution in [3.8, 4) is 22.3 Å². The van der Waals surface area contributed by atoms with E-state index in [1.165, 1.54) is 148 Å². The van der Waals surface area contributed by atoms with Crippen molar-refractivity contribution in [1.29, 1.82) is 0 Å². The number of thiophene rings is 1. The fraction of sp³-hybridized carbons (Fsp3) is 0.220. The van der Waals surface area contributed by atoms with E-state index in [1.54, 1.807) is 5.56 Å². The maximum Gasteiger partial charge on any atom is 0.264 e. The van der Waals surface area contributed by atoms with Crippen molar-refractivity contribution in [1.82, 2.24) is 0 Å². The van der Waals surface area contributed by atoms with Crippen molar-refractivity contribution in [3.63, 3.8) is 0 Å². The highest BCUT2D eigenvalue weighted by atomic mass is 32.1. The van der Waals surface area contributed by atoms with Crippen LogP contribution in [0.3, 0.4) is 0 Å². The predicted molar refractivity (Wildman–Crippen MR) is 374 cm³/mol. The van der Waals surface area contributed by atoms with E-state index in [1.807, 2.05) is 11.3 Å². The minimum Gasteiger partial charge on any atom is -0.311 e. The van der Waals surface area contributed by atoms with Crippen LogP contribution in [0.2, 0.25) is 0 Å². The highest BCUT2D eigenvalue weighted by Crippen LogP contribution is 2.61. The highest BCUT2D eigenvalue weighted by Gasteiger charge is 2.52. The molecule has 11 aromatic carbocycles. The Balaban J connectivity index is 0.960. The molecule has 424 valence electrons. The molecule has 0 atom stereocenters. The van der Waals surface area contributed by atoms with Crippen LogP contribution in [-0.2, 0) is 16.2 Å². The van der Waals surface area contributed by atoms with Gasteiger partial charge in [-0.15, -0.1) is 11.3 Å². The lowest BCUT2D eigenvalue weighted by molar-refractivity contribution is -0.00518. The summed E-state index contributed by atoms with van der Waals surface area (Å²) in [6.45, 7) is 14.2. The molecule has 18 rings (SSSR count). The summed E-state index contributed by atoms with van der Waals surface area (Å²) in [5, 5.41) is 6.33. The molecule has 4 bridgehead atoms. The molecule has 1 aromatic heterocycles. The number of anilines is 9. The van der Waals surface area contributed by atoms with Gasteiger partial charge >= 0.3 is 0 Å². The van der Waals surface area contributed by atoms with Crippen LogP contribution in [0.4, 0.5) is 51.2 Å². The number of hydrogen-bond donors (Lipinski definition) is 0. The zero-order valence-electron chi connectivity index (χ0n) is 50.8. The molecule has 0 radical (unpaired) electrons. The summed E-state index contributed by atoms with van der Waals surface area (Å²) in [5.41, 5.74) is 22.7. The molecular formula is C82H72BN3S. The number of hydrogen-bond acceptors (Lipinski definition) is 4. The van der Waals surface area contributed by atoms with Gasteiger partial charge in [-0.3, -0.25) is 0 Å². The third kappa shape index (κ3) is 8.43. The molecule has 0 N–H and O–H groups in total. The quantitative estimate of drug-likeness (QED) is 0.111.